The van der Waals surface area contributed by atoms with Gasteiger partial charge in [-0.15, -0.1) is 6.58 Å². The Bertz CT molecular complexity index is 170. The summed E-state index contributed by atoms with van der Waals surface area (Å²) in [5.41, 5.74) is 6.86. The summed E-state index contributed by atoms with van der Waals surface area (Å²) in [5.74, 6) is 0. The third-order valence-electron chi connectivity index (χ3n) is 1.65. The summed E-state index contributed by atoms with van der Waals surface area (Å²) in [7, 11) is 0. The van der Waals surface area contributed by atoms with E-state index >= 15 is 0 Å². The molecule has 0 aromatic carbocycles. The average molecular weight is 239 g/mol. The van der Waals surface area contributed by atoms with Gasteiger partial charge in [0.1, 0.15) is 0 Å². The van der Waals surface area contributed by atoms with Crippen LogP contribution in [0.25, 0.3) is 0 Å². The first-order chi connectivity index (χ1) is 7.95. The van der Waals surface area contributed by atoms with Crippen molar-refractivity contribution in [3.63, 3.8) is 0 Å². The highest BCUT2D eigenvalue weighted by Crippen LogP contribution is 1.99. The lowest BCUT2D eigenvalue weighted by Crippen LogP contribution is -2.18. The van der Waals surface area contributed by atoms with Crippen LogP contribution < -0.4 is 5.73 Å². The van der Waals surface area contributed by atoms with Gasteiger partial charge in [0.05, 0.1) is 0 Å². The average Bonchev–Trinajstić information content (AvgIpc) is 2.19. The summed E-state index contributed by atoms with van der Waals surface area (Å²) in [6.07, 6.45) is 10.4. The zero-order valence-corrected chi connectivity index (χ0v) is 12.6. The molecule has 1 heteroatoms. The van der Waals surface area contributed by atoms with Crippen molar-refractivity contribution in [3.8, 4) is 0 Å². The van der Waals surface area contributed by atoms with Gasteiger partial charge >= 0.3 is 0 Å². The quantitative estimate of drug-likeness (QED) is 0.515. The second-order valence-corrected chi connectivity index (χ2v) is 4.31. The van der Waals surface area contributed by atoms with Gasteiger partial charge in [-0.3, -0.25) is 0 Å². The van der Waals surface area contributed by atoms with E-state index in [1.54, 1.807) is 6.08 Å². The van der Waals surface area contributed by atoms with E-state index in [1.165, 1.54) is 31.3 Å². The molecule has 0 fully saturated rings. The van der Waals surface area contributed by atoms with Crippen LogP contribution in [0.4, 0.5) is 0 Å². The van der Waals surface area contributed by atoms with Gasteiger partial charge in [-0.2, -0.15) is 0 Å². The van der Waals surface area contributed by atoms with Gasteiger partial charge in [0.15, 0.2) is 0 Å². The summed E-state index contributed by atoms with van der Waals surface area (Å²) in [5, 5.41) is 0. The van der Waals surface area contributed by atoms with E-state index in [0.717, 1.165) is 0 Å². The van der Waals surface area contributed by atoms with Crippen molar-refractivity contribution < 1.29 is 0 Å². The number of nitrogens with two attached hydrogens (primary N) is 1. The highest BCUT2D eigenvalue weighted by Gasteiger charge is 1.95. The smallest absolute Gasteiger partial charge is 0.00386 e. The zero-order valence-electron chi connectivity index (χ0n) is 12.6. The molecule has 2 N–H and O–H groups in total. The molecule has 0 atom stereocenters. The lowest BCUT2D eigenvalue weighted by Gasteiger charge is -2.05. The third-order valence-corrected chi connectivity index (χ3v) is 1.65. The number of allylic oxidation sites excluding steroid dienone is 4. The Kier molecular flexibility index (Phi) is 26.0. The molecule has 0 aliphatic heterocycles. The molecule has 0 aromatic rings. The summed E-state index contributed by atoms with van der Waals surface area (Å²) in [6.45, 7) is 17.3. The van der Waals surface area contributed by atoms with Crippen LogP contribution in [0.3, 0.4) is 0 Å². The molecule has 0 saturated heterocycles. The van der Waals surface area contributed by atoms with Crippen molar-refractivity contribution in [2.75, 3.05) is 0 Å². The molecule has 0 spiro atoms. The Morgan fingerprint density at radius 1 is 1.18 bits per heavy atom. The summed E-state index contributed by atoms with van der Waals surface area (Å²) >= 11 is 0. The minimum absolute atomic E-state index is 0.463. The van der Waals surface area contributed by atoms with Crippen LogP contribution in [0.15, 0.2) is 37.0 Å². The lowest BCUT2D eigenvalue weighted by molar-refractivity contribution is 0.554. The van der Waals surface area contributed by atoms with Crippen LogP contribution in [0.2, 0.25) is 0 Å². The largest absolute Gasteiger partial charge is 0.328 e. The van der Waals surface area contributed by atoms with Crippen LogP contribution in [-0.2, 0) is 0 Å². The normalized spacial score (nSPS) is 9.12. The van der Waals surface area contributed by atoms with Gasteiger partial charge in [0.25, 0.3) is 0 Å². The molecule has 0 aliphatic rings. The van der Waals surface area contributed by atoms with E-state index in [2.05, 4.69) is 27.0 Å². The highest BCUT2D eigenvalue weighted by atomic mass is 14.6. The van der Waals surface area contributed by atoms with Gasteiger partial charge < -0.3 is 5.73 Å². The minimum Gasteiger partial charge on any atom is -0.328 e. The molecule has 0 radical (unpaired) electrons. The Balaban J connectivity index is -0.000000188. The monoisotopic (exact) mass is 239 g/mol. The van der Waals surface area contributed by atoms with Crippen molar-refractivity contribution in [2.24, 2.45) is 5.73 Å². The molecule has 1 nitrogen and oxygen atoms in total. The first-order valence-corrected chi connectivity index (χ1v) is 6.57. The SMILES string of the molecule is C=C(C)C.C=C/C=C\C.CCCC(N)CCC. The second-order valence-electron chi connectivity index (χ2n) is 4.31. The van der Waals surface area contributed by atoms with Crippen molar-refractivity contribution in [2.45, 2.75) is 66.3 Å². The fraction of sp³-hybridized carbons (Fsp3) is 0.625. The maximum atomic E-state index is 5.69. The van der Waals surface area contributed by atoms with E-state index in [9.17, 15) is 0 Å². The van der Waals surface area contributed by atoms with Crippen molar-refractivity contribution >= 4 is 0 Å². The summed E-state index contributed by atoms with van der Waals surface area (Å²) in [6, 6.07) is 0.463. The van der Waals surface area contributed by atoms with Crippen LogP contribution >= 0.6 is 0 Å². The second kappa shape index (κ2) is 20.6. The third kappa shape index (κ3) is 51.2. The van der Waals surface area contributed by atoms with Crippen LogP contribution in [0.1, 0.15) is 60.3 Å². The van der Waals surface area contributed by atoms with Gasteiger partial charge in [-0.05, 0) is 33.6 Å². The van der Waals surface area contributed by atoms with E-state index in [-0.39, 0.29) is 0 Å². The molecular weight excluding hydrogens is 206 g/mol. The van der Waals surface area contributed by atoms with E-state index < -0.39 is 0 Å². The Hall–Kier alpha value is -0.820. The molecule has 0 rings (SSSR count). The predicted octanol–water partition coefficient (Wildman–Crippen LogP) is 5.24. The standard InChI is InChI=1S/C7H17N.C5H8.C4H8/c1-3-5-7(8)6-4-2;1-3-5-4-2;1-4(2)3/h7H,3-6,8H2,1-2H3;3-5H,1H2,2H3;1H2,2-3H3/b;5-4-;. The number of hydrogen-bond donors (Lipinski definition) is 1. The van der Waals surface area contributed by atoms with Crippen molar-refractivity contribution in [3.05, 3.63) is 37.0 Å². The van der Waals surface area contributed by atoms with Crippen LogP contribution in [0.5, 0.6) is 0 Å². The van der Waals surface area contributed by atoms with Gasteiger partial charge in [0.2, 0.25) is 0 Å². The molecule has 0 bridgehead atoms. The number of rotatable bonds is 5. The van der Waals surface area contributed by atoms with Crippen molar-refractivity contribution in [1.82, 2.24) is 0 Å². The molecule has 0 saturated carbocycles. The molecule has 0 aromatic heterocycles. The molecule has 0 amide bonds. The van der Waals surface area contributed by atoms with E-state index in [4.69, 9.17) is 5.73 Å². The minimum atomic E-state index is 0.463. The number of hydrogen-bond acceptors (Lipinski definition) is 1. The van der Waals surface area contributed by atoms with Gasteiger partial charge in [0, 0.05) is 6.04 Å². The van der Waals surface area contributed by atoms with Gasteiger partial charge in [-0.25, -0.2) is 0 Å². The lowest BCUT2D eigenvalue weighted by atomic mass is 10.1. The first-order valence-electron chi connectivity index (χ1n) is 6.57. The molecule has 0 unspecified atom stereocenters. The maximum absolute atomic E-state index is 5.69. The van der Waals surface area contributed by atoms with Crippen LogP contribution in [0, 0.1) is 0 Å². The zero-order chi connectivity index (χ0) is 14.1. The maximum Gasteiger partial charge on any atom is 0.00386 e. The molecule has 102 valence electrons. The van der Waals surface area contributed by atoms with E-state index in [0.29, 0.717) is 6.04 Å². The van der Waals surface area contributed by atoms with E-state index in [1.807, 2.05) is 32.9 Å². The first kappa shape index (κ1) is 21.5. The highest BCUT2D eigenvalue weighted by molar-refractivity contribution is 4.94. The fourth-order valence-corrected chi connectivity index (χ4v) is 1.02. The molecule has 17 heavy (non-hydrogen) atoms. The Morgan fingerprint density at radius 3 is 1.65 bits per heavy atom. The fourth-order valence-electron chi connectivity index (χ4n) is 1.02. The Labute approximate surface area is 109 Å². The Morgan fingerprint density at radius 2 is 1.53 bits per heavy atom. The van der Waals surface area contributed by atoms with Gasteiger partial charge in [-0.1, -0.05) is 57.1 Å². The molecule has 0 aliphatic carbocycles. The molecular formula is C16H33N. The summed E-state index contributed by atoms with van der Waals surface area (Å²) < 4.78 is 0. The van der Waals surface area contributed by atoms with Crippen molar-refractivity contribution in [1.29, 1.82) is 0 Å². The molecule has 0 heterocycles. The summed E-state index contributed by atoms with van der Waals surface area (Å²) in [4.78, 5) is 0. The predicted molar refractivity (Wildman–Crippen MR) is 83.3 cm³/mol. The van der Waals surface area contributed by atoms with Crippen LogP contribution in [-0.4, -0.2) is 6.04 Å². The topological polar surface area (TPSA) is 26.0 Å².